The van der Waals surface area contributed by atoms with Gasteiger partial charge in [0.1, 0.15) is 12.6 Å². The van der Waals surface area contributed by atoms with Gasteiger partial charge in [0.05, 0.1) is 5.88 Å². The lowest BCUT2D eigenvalue weighted by Gasteiger charge is -2.26. The van der Waals surface area contributed by atoms with Crippen molar-refractivity contribution >= 4 is 29.7 Å². The molecule has 0 bridgehead atoms. The second kappa shape index (κ2) is 6.65. The van der Waals surface area contributed by atoms with E-state index in [2.05, 4.69) is 5.32 Å². The molecule has 1 saturated heterocycles. The van der Waals surface area contributed by atoms with Crippen molar-refractivity contribution in [2.45, 2.75) is 25.9 Å². The smallest absolute Gasteiger partial charge is 0.327 e. The number of thioether (sulfide) groups is 1. The number of carboxylic acids is 1. The number of carboxylic acid groups (broad SMARTS) is 1. The Hall–Kier alpha value is -1.44. The maximum absolute atomic E-state index is 12.1. The zero-order chi connectivity index (χ0) is 14.6. The molecule has 19 heavy (non-hydrogen) atoms. The fourth-order valence-corrected chi connectivity index (χ4v) is 2.84. The number of carbonyl (C=O) groups excluding carboxylic acids is 2. The van der Waals surface area contributed by atoms with Gasteiger partial charge in [-0.2, -0.15) is 0 Å². The number of aliphatic carboxylic acids is 1. The highest BCUT2D eigenvalue weighted by Crippen LogP contribution is 2.22. The molecule has 0 spiro atoms. The van der Waals surface area contributed by atoms with Crippen LogP contribution in [0.4, 0.5) is 4.79 Å². The number of likely N-dealkylation sites (N-methyl/N-ethyl adjacent to an activating group) is 1. The van der Waals surface area contributed by atoms with Gasteiger partial charge in [0.2, 0.25) is 5.91 Å². The lowest BCUT2D eigenvalue weighted by atomic mass is 10.3. The van der Waals surface area contributed by atoms with Crippen molar-refractivity contribution in [2.75, 3.05) is 25.2 Å². The standard InChI is InChI=1S/C11H19N3O4S/c1-7(2)12-9(15)4-13(3)11(18)14-6-19-5-8(14)10(16)17/h7-8H,4-6H2,1-3H3,(H,12,15)(H,16,17)/t8-/m0/s1. The maximum Gasteiger partial charge on any atom is 0.327 e. The Morgan fingerprint density at radius 2 is 2.11 bits per heavy atom. The van der Waals surface area contributed by atoms with Crippen molar-refractivity contribution in [3.63, 3.8) is 0 Å². The van der Waals surface area contributed by atoms with Crippen LogP contribution in [0, 0.1) is 0 Å². The van der Waals surface area contributed by atoms with E-state index in [4.69, 9.17) is 5.11 Å². The molecule has 0 aromatic heterocycles. The molecule has 1 fully saturated rings. The number of carbonyl (C=O) groups is 3. The molecule has 0 aromatic rings. The minimum Gasteiger partial charge on any atom is -0.480 e. The van der Waals surface area contributed by atoms with Gasteiger partial charge in [0, 0.05) is 18.8 Å². The molecule has 1 aliphatic rings. The molecule has 8 heteroatoms. The van der Waals surface area contributed by atoms with Crippen LogP contribution in [0.1, 0.15) is 13.8 Å². The molecule has 1 rings (SSSR count). The Morgan fingerprint density at radius 1 is 1.47 bits per heavy atom. The molecule has 0 saturated carbocycles. The first-order chi connectivity index (χ1) is 8.82. The largest absolute Gasteiger partial charge is 0.480 e. The van der Waals surface area contributed by atoms with Crippen LogP contribution >= 0.6 is 11.8 Å². The second-order valence-electron chi connectivity index (χ2n) is 4.68. The van der Waals surface area contributed by atoms with Crippen LogP contribution in [0.3, 0.4) is 0 Å². The van der Waals surface area contributed by atoms with Crippen molar-refractivity contribution in [1.29, 1.82) is 0 Å². The molecular formula is C11H19N3O4S. The number of nitrogens with one attached hydrogen (secondary N) is 1. The number of amides is 3. The van der Waals surface area contributed by atoms with E-state index < -0.39 is 18.0 Å². The number of urea groups is 1. The van der Waals surface area contributed by atoms with Crippen molar-refractivity contribution in [1.82, 2.24) is 15.1 Å². The summed E-state index contributed by atoms with van der Waals surface area (Å²) in [5.74, 6) is -0.554. The van der Waals surface area contributed by atoms with Crippen molar-refractivity contribution < 1.29 is 19.5 Å². The van der Waals surface area contributed by atoms with Gasteiger partial charge in [-0.1, -0.05) is 0 Å². The highest BCUT2D eigenvalue weighted by molar-refractivity contribution is 7.99. The molecular weight excluding hydrogens is 270 g/mol. The molecule has 0 aliphatic carbocycles. The Morgan fingerprint density at radius 3 is 2.63 bits per heavy atom. The second-order valence-corrected chi connectivity index (χ2v) is 5.68. The summed E-state index contributed by atoms with van der Waals surface area (Å²) in [5.41, 5.74) is 0. The SMILES string of the molecule is CC(C)NC(=O)CN(C)C(=O)N1CSC[C@H]1C(=O)O. The normalized spacial score (nSPS) is 18.5. The van der Waals surface area contributed by atoms with E-state index in [9.17, 15) is 14.4 Å². The first kappa shape index (κ1) is 15.6. The Kier molecular flexibility index (Phi) is 5.46. The molecule has 1 aliphatic heterocycles. The molecule has 0 unspecified atom stereocenters. The van der Waals surface area contributed by atoms with Gasteiger partial charge in [-0.05, 0) is 13.8 Å². The molecule has 2 N–H and O–H groups in total. The quantitative estimate of drug-likeness (QED) is 0.761. The van der Waals surface area contributed by atoms with Crippen LogP contribution in [-0.4, -0.2) is 70.1 Å². The Labute approximate surface area is 116 Å². The van der Waals surface area contributed by atoms with Crippen molar-refractivity contribution in [3.05, 3.63) is 0 Å². The number of nitrogens with zero attached hydrogens (tertiary/aromatic N) is 2. The molecule has 0 radical (unpaired) electrons. The van der Waals surface area contributed by atoms with E-state index in [-0.39, 0.29) is 18.5 Å². The summed E-state index contributed by atoms with van der Waals surface area (Å²) in [5, 5.41) is 11.7. The molecule has 108 valence electrons. The fourth-order valence-electron chi connectivity index (χ4n) is 1.71. The van der Waals surface area contributed by atoms with E-state index in [1.165, 1.54) is 28.6 Å². The monoisotopic (exact) mass is 289 g/mol. The van der Waals surface area contributed by atoms with Crippen LogP contribution in [0.5, 0.6) is 0 Å². The summed E-state index contributed by atoms with van der Waals surface area (Å²) in [4.78, 5) is 37.1. The van der Waals surface area contributed by atoms with Gasteiger partial charge in [-0.25, -0.2) is 9.59 Å². The zero-order valence-electron chi connectivity index (χ0n) is 11.3. The minimum absolute atomic E-state index is 0.00473. The number of rotatable bonds is 4. The predicted molar refractivity (Wildman–Crippen MR) is 71.9 cm³/mol. The highest BCUT2D eigenvalue weighted by Gasteiger charge is 2.36. The van der Waals surface area contributed by atoms with Gasteiger partial charge >= 0.3 is 12.0 Å². The van der Waals surface area contributed by atoms with Crippen LogP contribution in [0.2, 0.25) is 0 Å². The minimum atomic E-state index is -1.02. The van der Waals surface area contributed by atoms with Crippen molar-refractivity contribution in [3.8, 4) is 0 Å². The maximum atomic E-state index is 12.1. The van der Waals surface area contributed by atoms with Gasteiger partial charge in [0.15, 0.2) is 0 Å². The van der Waals surface area contributed by atoms with E-state index in [0.717, 1.165) is 0 Å². The summed E-state index contributed by atoms with van der Waals surface area (Å²) < 4.78 is 0. The average molecular weight is 289 g/mol. The summed E-state index contributed by atoms with van der Waals surface area (Å²) >= 11 is 1.39. The summed E-state index contributed by atoms with van der Waals surface area (Å²) in [6.45, 7) is 3.58. The molecule has 0 aromatic carbocycles. The molecule has 1 heterocycles. The third-order valence-electron chi connectivity index (χ3n) is 2.57. The van der Waals surface area contributed by atoms with Gasteiger partial charge in [-0.3, -0.25) is 4.79 Å². The topological polar surface area (TPSA) is 90.0 Å². The predicted octanol–water partition coefficient (Wildman–Crippen LogP) is 0.0223. The molecule has 1 atom stereocenters. The fraction of sp³-hybridized carbons (Fsp3) is 0.727. The van der Waals surface area contributed by atoms with E-state index >= 15 is 0 Å². The summed E-state index contributed by atoms with van der Waals surface area (Å²) in [6, 6.07) is -1.24. The van der Waals surface area contributed by atoms with Gasteiger partial charge in [0.25, 0.3) is 0 Å². The summed E-state index contributed by atoms with van der Waals surface area (Å²) in [7, 11) is 1.49. The number of hydrogen-bond acceptors (Lipinski definition) is 4. The van der Waals surface area contributed by atoms with Crippen LogP contribution < -0.4 is 5.32 Å². The Bertz CT molecular complexity index is 375. The highest BCUT2D eigenvalue weighted by atomic mass is 32.2. The van der Waals surface area contributed by atoms with E-state index in [1.54, 1.807) is 0 Å². The average Bonchev–Trinajstić information content (AvgIpc) is 2.75. The lowest BCUT2D eigenvalue weighted by Crippen LogP contribution is -2.50. The van der Waals surface area contributed by atoms with Crippen LogP contribution in [0.15, 0.2) is 0 Å². The Balaban J connectivity index is 2.57. The molecule has 7 nitrogen and oxygen atoms in total. The van der Waals surface area contributed by atoms with Crippen LogP contribution in [-0.2, 0) is 9.59 Å². The lowest BCUT2D eigenvalue weighted by molar-refractivity contribution is -0.140. The number of hydrogen-bond donors (Lipinski definition) is 2. The first-order valence-electron chi connectivity index (χ1n) is 5.94. The third kappa shape index (κ3) is 4.30. The zero-order valence-corrected chi connectivity index (χ0v) is 12.1. The van der Waals surface area contributed by atoms with Crippen LogP contribution in [0.25, 0.3) is 0 Å². The van der Waals surface area contributed by atoms with E-state index in [0.29, 0.717) is 11.6 Å². The first-order valence-corrected chi connectivity index (χ1v) is 7.10. The molecule has 3 amide bonds. The van der Waals surface area contributed by atoms with Gasteiger partial charge < -0.3 is 20.2 Å². The van der Waals surface area contributed by atoms with Gasteiger partial charge in [-0.15, -0.1) is 11.8 Å². The third-order valence-corrected chi connectivity index (χ3v) is 3.58. The summed E-state index contributed by atoms with van der Waals surface area (Å²) in [6.07, 6.45) is 0. The van der Waals surface area contributed by atoms with E-state index in [1.807, 2.05) is 13.8 Å². The van der Waals surface area contributed by atoms with Crippen molar-refractivity contribution in [2.24, 2.45) is 0 Å².